The fourth-order valence-corrected chi connectivity index (χ4v) is 5.02. The number of benzene rings is 3. The van der Waals surface area contributed by atoms with E-state index in [9.17, 15) is 5.26 Å². The van der Waals surface area contributed by atoms with Gasteiger partial charge in [0.25, 0.3) is 0 Å². The van der Waals surface area contributed by atoms with E-state index in [-0.39, 0.29) is 0 Å². The molecule has 2 heterocycles. The zero-order valence-electron chi connectivity index (χ0n) is 17.8. The lowest BCUT2D eigenvalue weighted by molar-refractivity contribution is 0.172. The van der Waals surface area contributed by atoms with E-state index in [1.165, 1.54) is 22.4 Å². The second kappa shape index (κ2) is 8.93. The number of para-hydroxylation sites is 1. The zero-order valence-corrected chi connectivity index (χ0v) is 17.8. The van der Waals surface area contributed by atoms with Crippen molar-refractivity contribution >= 4 is 5.69 Å². The third-order valence-electron chi connectivity index (χ3n) is 6.44. The monoisotopic (exact) mass is 408 g/mol. The van der Waals surface area contributed by atoms with E-state index in [1.54, 1.807) is 0 Å². The summed E-state index contributed by atoms with van der Waals surface area (Å²) in [5.41, 5.74) is 6.12. The maximum atomic E-state index is 9.27. The highest BCUT2D eigenvalue weighted by Crippen LogP contribution is 2.31. The van der Waals surface area contributed by atoms with Crippen LogP contribution in [0.4, 0.5) is 5.69 Å². The Kier molecular flexibility index (Phi) is 5.71. The van der Waals surface area contributed by atoms with Crippen LogP contribution in [-0.2, 0) is 19.6 Å². The van der Waals surface area contributed by atoms with Crippen LogP contribution in [-0.4, -0.2) is 42.0 Å². The Hall–Kier alpha value is -3.13. The van der Waals surface area contributed by atoms with Crippen LogP contribution in [0.5, 0.6) is 0 Å². The van der Waals surface area contributed by atoms with Gasteiger partial charge in [-0.1, -0.05) is 60.7 Å². The number of anilines is 1. The molecule has 3 aromatic rings. The van der Waals surface area contributed by atoms with Crippen LogP contribution in [0.15, 0.2) is 78.9 Å². The SMILES string of the molecule is N#Cc1cccc(CN2Cc3ccccc3N3CCN(Cc4ccccc4)CC3C2)c1. The van der Waals surface area contributed by atoms with Gasteiger partial charge >= 0.3 is 0 Å². The lowest BCUT2D eigenvalue weighted by Gasteiger charge is -2.43. The van der Waals surface area contributed by atoms with Gasteiger partial charge < -0.3 is 4.90 Å². The molecule has 1 atom stereocenters. The molecule has 0 N–H and O–H groups in total. The van der Waals surface area contributed by atoms with E-state index < -0.39 is 0 Å². The lowest BCUT2D eigenvalue weighted by Crippen LogP contribution is -2.55. The number of piperazine rings is 1. The first kappa shape index (κ1) is 19.8. The topological polar surface area (TPSA) is 33.5 Å². The minimum absolute atomic E-state index is 0.459. The van der Waals surface area contributed by atoms with Gasteiger partial charge in [0.15, 0.2) is 0 Å². The molecule has 1 saturated heterocycles. The first-order valence-corrected chi connectivity index (χ1v) is 11.1. The number of rotatable bonds is 4. The van der Waals surface area contributed by atoms with E-state index in [0.29, 0.717) is 6.04 Å². The van der Waals surface area contributed by atoms with Crippen LogP contribution < -0.4 is 4.90 Å². The summed E-state index contributed by atoms with van der Waals surface area (Å²) in [5.74, 6) is 0. The van der Waals surface area contributed by atoms with Gasteiger partial charge in [0.05, 0.1) is 17.7 Å². The van der Waals surface area contributed by atoms with Gasteiger partial charge in [-0.2, -0.15) is 5.26 Å². The average Bonchev–Trinajstić information content (AvgIpc) is 2.95. The number of nitrogens with zero attached hydrogens (tertiary/aromatic N) is 4. The second-order valence-corrected chi connectivity index (χ2v) is 8.68. The van der Waals surface area contributed by atoms with Crippen LogP contribution in [0.1, 0.15) is 22.3 Å². The normalized spacial score (nSPS) is 19.2. The number of nitriles is 1. The van der Waals surface area contributed by atoms with Gasteiger partial charge in [-0.25, -0.2) is 0 Å². The first-order valence-electron chi connectivity index (χ1n) is 11.1. The van der Waals surface area contributed by atoms with Crippen molar-refractivity contribution < 1.29 is 0 Å². The van der Waals surface area contributed by atoms with Crippen LogP contribution in [0.3, 0.4) is 0 Å². The van der Waals surface area contributed by atoms with Gasteiger partial charge in [-0.05, 0) is 34.9 Å². The Morgan fingerprint density at radius 1 is 0.774 bits per heavy atom. The van der Waals surface area contributed by atoms with Gasteiger partial charge in [-0.3, -0.25) is 9.80 Å². The summed E-state index contributed by atoms with van der Waals surface area (Å²) in [6.45, 7) is 7.06. The Morgan fingerprint density at radius 3 is 2.39 bits per heavy atom. The molecule has 3 aromatic carbocycles. The van der Waals surface area contributed by atoms with Crippen LogP contribution in [0.25, 0.3) is 0 Å². The summed E-state index contributed by atoms with van der Waals surface area (Å²) >= 11 is 0. The molecule has 0 saturated carbocycles. The average molecular weight is 409 g/mol. The summed E-state index contributed by atoms with van der Waals surface area (Å²) in [6, 6.07) is 30.4. The van der Waals surface area contributed by atoms with Crippen molar-refractivity contribution in [2.24, 2.45) is 0 Å². The van der Waals surface area contributed by atoms with Crippen molar-refractivity contribution in [3.8, 4) is 6.07 Å². The quantitative estimate of drug-likeness (QED) is 0.646. The van der Waals surface area contributed by atoms with Crippen molar-refractivity contribution in [1.82, 2.24) is 9.80 Å². The molecule has 1 fully saturated rings. The van der Waals surface area contributed by atoms with Crippen molar-refractivity contribution in [3.05, 3.63) is 101 Å². The number of hydrogen-bond acceptors (Lipinski definition) is 4. The van der Waals surface area contributed by atoms with Gasteiger partial charge in [0, 0.05) is 51.5 Å². The highest BCUT2D eigenvalue weighted by atomic mass is 15.3. The molecule has 0 aromatic heterocycles. The molecule has 4 nitrogen and oxygen atoms in total. The largest absolute Gasteiger partial charge is 0.364 e. The zero-order chi connectivity index (χ0) is 21.0. The maximum absolute atomic E-state index is 9.27. The highest BCUT2D eigenvalue weighted by molar-refractivity contribution is 5.56. The molecule has 0 amide bonds. The molecule has 31 heavy (non-hydrogen) atoms. The van der Waals surface area contributed by atoms with E-state index >= 15 is 0 Å². The van der Waals surface area contributed by atoms with Gasteiger partial charge in [-0.15, -0.1) is 0 Å². The second-order valence-electron chi connectivity index (χ2n) is 8.68. The van der Waals surface area contributed by atoms with Crippen molar-refractivity contribution in [3.63, 3.8) is 0 Å². The predicted molar refractivity (Wildman–Crippen MR) is 125 cm³/mol. The fraction of sp³-hybridized carbons (Fsp3) is 0.296. The highest BCUT2D eigenvalue weighted by Gasteiger charge is 2.32. The maximum Gasteiger partial charge on any atom is 0.0991 e. The Morgan fingerprint density at radius 2 is 1.52 bits per heavy atom. The molecule has 156 valence electrons. The van der Waals surface area contributed by atoms with Gasteiger partial charge in [0.2, 0.25) is 0 Å². The Balaban J connectivity index is 1.38. The molecule has 2 aliphatic rings. The summed E-state index contributed by atoms with van der Waals surface area (Å²) in [6.07, 6.45) is 0. The minimum atomic E-state index is 0.459. The number of fused-ring (bicyclic) bond motifs is 3. The molecular formula is C27H28N4. The molecular weight excluding hydrogens is 380 g/mol. The summed E-state index contributed by atoms with van der Waals surface area (Å²) < 4.78 is 0. The molecule has 2 aliphatic heterocycles. The molecule has 0 aliphatic carbocycles. The molecule has 0 radical (unpaired) electrons. The minimum Gasteiger partial charge on any atom is -0.364 e. The molecule has 1 unspecified atom stereocenters. The fourth-order valence-electron chi connectivity index (χ4n) is 5.02. The lowest BCUT2D eigenvalue weighted by atomic mass is 10.1. The Labute approximate surface area is 184 Å². The van der Waals surface area contributed by atoms with Crippen LogP contribution in [0, 0.1) is 11.3 Å². The summed E-state index contributed by atoms with van der Waals surface area (Å²) in [4.78, 5) is 7.77. The molecule has 0 bridgehead atoms. The molecule has 5 rings (SSSR count). The summed E-state index contributed by atoms with van der Waals surface area (Å²) in [7, 11) is 0. The first-order chi connectivity index (χ1) is 15.3. The van der Waals surface area contributed by atoms with Crippen molar-refractivity contribution in [2.45, 2.75) is 25.7 Å². The van der Waals surface area contributed by atoms with Crippen molar-refractivity contribution in [2.75, 3.05) is 31.1 Å². The number of hydrogen-bond donors (Lipinski definition) is 0. The third kappa shape index (κ3) is 4.49. The van der Waals surface area contributed by atoms with Gasteiger partial charge in [0.1, 0.15) is 0 Å². The smallest absolute Gasteiger partial charge is 0.0991 e. The predicted octanol–water partition coefficient (Wildman–Crippen LogP) is 4.26. The summed E-state index contributed by atoms with van der Waals surface area (Å²) in [5, 5.41) is 9.27. The Bertz CT molecular complexity index is 1070. The van der Waals surface area contributed by atoms with Crippen LogP contribution in [0.2, 0.25) is 0 Å². The third-order valence-corrected chi connectivity index (χ3v) is 6.44. The molecule has 4 heteroatoms. The van der Waals surface area contributed by atoms with Crippen LogP contribution >= 0.6 is 0 Å². The van der Waals surface area contributed by atoms with E-state index in [4.69, 9.17) is 0 Å². The van der Waals surface area contributed by atoms with E-state index in [2.05, 4.69) is 81.4 Å². The molecule has 0 spiro atoms. The van der Waals surface area contributed by atoms with E-state index in [0.717, 1.165) is 51.4 Å². The van der Waals surface area contributed by atoms with E-state index in [1.807, 2.05) is 18.2 Å². The van der Waals surface area contributed by atoms with Crippen molar-refractivity contribution in [1.29, 1.82) is 5.26 Å². The standard InChI is InChI=1S/C27H28N4/c28-16-23-9-6-10-24(15-23)18-30-19-25-11-4-5-12-27(25)31-14-13-29(20-26(31)21-30)17-22-7-2-1-3-8-22/h1-12,15,26H,13-14,17-21H2.